The summed E-state index contributed by atoms with van der Waals surface area (Å²) in [6, 6.07) is 7.77. The maximum absolute atomic E-state index is 11.4. The minimum absolute atomic E-state index is 0.105. The molecular weight excluding hydrogens is 204 g/mol. The molecule has 0 atom stereocenters. The average Bonchev–Trinajstić information content (AvgIpc) is 2.16. The first-order valence-corrected chi connectivity index (χ1v) is 5.17. The summed E-state index contributed by atoms with van der Waals surface area (Å²) in [4.78, 5) is 2.05. The van der Waals surface area contributed by atoms with Crippen LogP contribution < -0.4 is 16.0 Å². The summed E-state index contributed by atoms with van der Waals surface area (Å²) in [7, 11) is -3.64. The number of nitrogens with two attached hydrogens (primary N) is 1. The smallest absolute Gasteiger partial charge is 0.257 e. The number of hydrogen-bond acceptors (Lipinski definition) is 3. The maximum atomic E-state index is 11.4. The Hall–Kier alpha value is -1.60. The summed E-state index contributed by atoms with van der Waals surface area (Å²) in [5.41, 5.74) is 6.93. The molecule has 0 fully saturated rings. The molecule has 0 saturated carbocycles. The first kappa shape index (κ1) is 10.5. The molecule has 0 aliphatic rings. The fourth-order valence-corrected chi connectivity index (χ4v) is 1.66. The standard InChI is InChI=1S/C7H10N4O2S/c8-7(9)10-11-14(12,13)6-4-2-1-3-5-6/h1-5,11H,(H4,8,9,10). The van der Waals surface area contributed by atoms with E-state index < -0.39 is 16.0 Å². The lowest BCUT2D eigenvalue weighted by Gasteiger charge is -2.06. The predicted octanol–water partition coefficient (Wildman–Crippen LogP) is -0.637. The van der Waals surface area contributed by atoms with Crippen molar-refractivity contribution >= 4 is 16.0 Å². The second-order valence-corrected chi connectivity index (χ2v) is 4.14. The van der Waals surface area contributed by atoms with E-state index in [2.05, 4.69) is 0 Å². The van der Waals surface area contributed by atoms with Crippen LogP contribution in [0.4, 0.5) is 0 Å². The van der Waals surface area contributed by atoms with Crippen LogP contribution in [0.15, 0.2) is 35.2 Å². The monoisotopic (exact) mass is 214 g/mol. The Bertz CT molecular complexity index is 415. The van der Waals surface area contributed by atoms with Crippen molar-refractivity contribution in [2.45, 2.75) is 4.90 Å². The highest BCUT2D eigenvalue weighted by Crippen LogP contribution is 2.05. The van der Waals surface area contributed by atoms with Crippen LogP contribution in [0.2, 0.25) is 0 Å². The molecule has 0 amide bonds. The van der Waals surface area contributed by atoms with E-state index in [9.17, 15) is 8.42 Å². The van der Waals surface area contributed by atoms with Crippen molar-refractivity contribution in [1.29, 1.82) is 5.41 Å². The number of hydrazine groups is 1. The van der Waals surface area contributed by atoms with Crippen molar-refractivity contribution in [3.05, 3.63) is 30.3 Å². The number of rotatable bonds is 3. The van der Waals surface area contributed by atoms with E-state index in [0.717, 1.165) is 0 Å². The highest BCUT2D eigenvalue weighted by molar-refractivity contribution is 7.89. The minimum atomic E-state index is -3.64. The molecule has 5 N–H and O–H groups in total. The molecule has 6 nitrogen and oxygen atoms in total. The Labute approximate surface area is 81.7 Å². The Balaban J connectivity index is 2.82. The van der Waals surface area contributed by atoms with Crippen LogP contribution >= 0.6 is 0 Å². The fraction of sp³-hybridized carbons (Fsp3) is 0. The van der Waals surface area contributed by atoms with Crippen molar-refractivity contribution in [3.8, 4) is 0 Å². The van der Waals surface area contributed by atoms with Crippen LogP contribution in [0, 0.1) is 5.41 Å². The molecule has 1 rings (SSSR count). The summed E-state index contributed by atoms with van der Waals surface area (Å²) in [5, 5.41) is 6.78. The Kier molecular flexibility index (Phi) is 3.05. The van der Waals surface area contributed by atoms with Crippen LogP contribution in [0.25, 0.3) is 0 Å². The molecule has 0 aliphatic carbocycles. The van der Waals surface area contributed by atoms with Crippen molar-refractivity contribution in [2.24, 2.45) is 5.73 Å². The molecule has 0 aromatic heterocycles. The summed E-state index contributed by atoms with van der Waals surface area (Å²) in [6.45, 7) is 0. The lowest BCUT2D eigenvalue weighted by Crippen LogP contribution is -2.44. The SMILES string of the molecule is N=C(N)NNS(=O)(=O)c1ccccc1. The largest absolute Gasteiger partial charge is 0.369 e. The minimum Gasteiger partial charge on any atom is -0.369 e. The molecule has 14 heavy (non-hydrogen) atoms. The number of benzene rings is 1. The highest BCUT2D eigenvalue weighted by Gasteiger charge is 2.12. The molecule has 7 heteroatoms. The van der Waals surface area contributed by atoms with Gasteiger partial charge in [0.05, 0.1) is 4.90 Å². The van der Waals surface area contributed by atoms with Gasteiger partial charge in [0, 0.05) is 0 Å². The molecule has 0 aliphatic heterocycles. The predicted molar refractivity (Wildman–Crippen MR) is 51.8 cm³/mol. The third-order valence-electron chi connectivity index (χ3n) is 1.37. The van der Waals surface area contributed by atoms with E-state index >= 15 is 0 Å². The molecule has 0 unspecified atom stereocenters. The molecule has 0 saturated heterocycles. The molecule has 0 heterocycles. The second kappa shape index (κ2) is 4.07. The van der Waals surface area contributed by atoms with E-state index in [-0.39, 0.29) is 4.90 Å². The average molecular weight is 214 g/mol. The van der Waals surface area contributed by atoms with E-state index in [1.54, 1.807) is 18.2 Å². The van der Waals surface area contributed by atoms with Gasteiger partial charge in [-0.05, 0) is 12.1 Å². The third kappa shape index (κ3) is 2.71. The van der Waals surface area contributed by atoms with E-state index in [0.29, 0.717) is 0 Å². The highest BCUT2D eigenvalue weighted by atomic mass is 32.2. The van der Waals surface area contributed by atoms with E-state index in [1.807, 2.05) is 10.3 Å². The van der Waals surface area contributed by atoms with Gasteiger partial charge in [-0.1, -0.05) is 18.2 Å². The van der Waals surface area contributed by atoms with Crippen LogP contribution in [-0.4, -0.2) is 14.4 Å². The van der Waals surface area contributed by atoms with Crippen molar-refractivity contribution in [1.82, 2.24) is 10.3 Å². The van der Waals surface area contributed by atoms with Gasteiger partial charge in [0.15, 0.2) is 0 Å². The van der Waals surface area contributed by atoms with Crippen molar-refractivity contribution < 1.29 is 8.42 Å². The third-order valence-corrected chi connectivity index (χ3v) is 2.64. The van der Waals surface area contributed by atoms with E-state index in [1.165, 1.54) is 12.1 Å². The molecule has 1 aromatic rings. The Morgan fingerprint density at radius 3 is 2.36 bits per heavy atom. The van der Waals surface area contributed by atoms with Crippen LogP contribution in [0.1, 0.15) is 0 Å². The quantitative estimate of drug-likeness (QED) is 0.305. The maximum Gasteiger partial charge on any atom is 0.257 e. The number of guanidine groups is 1. The van der Waals surface area contributed by atoms with Crippen LogP contribution in [0.5, 0.6) is 0 Å². The van der Waals surface area contributed by atoms with E-state index in [4.69, 9.17) is 11.1 Å². The number of hydrogen-bond donors (Lipinski definition) is 4. The zero-order chi connectivity index (χ0) is 10.6. The van der Waals surface area contributed by atoms with Gasteiger partial charge in [-0.25, -0.2) is 8.42 Å². The second-order valence-electron chi connectivity index (χ2n) is 2.46. The first-order chi connectivity index (χ1) is 6.52. The van der Waals surface area contributed by atoms with Gasteiger partial charge >= 0.3 is 0 Å². The molecular formula is C7H10N4O2S. The Morgan fingerprint density at radius 2 is 1.86 bits per heavy atom. The van der Waals surface area contributed by atoms with Crippen LogP contribution in [-0.2, 0) is 10.0 Å². The van der Waals surface area contributed by atoms with Crippen molar-refractivity contribution in [2.75, 3.05) is 0 Å². The first-order valence-electron chi connectivity index (χ1n) is 3.69. The van der Waals surface area contributed by atoms with Crippen LogP contribution in [0.3, 0.4) is 0 Å². The van der Waals surface area contributed by atoms with Gasteiger partial charge < -0.3 is 5.73 Å². The lowest BCUT2D eigenvalue weighted by molar-refractivity contribution is 0.576. The fourth-order valence-electron chi connectivity index (χ4n) is 0.781. The normalized spacial score (nSPS) is 10.9. The molecule has 0 radical (unpaired) electrons. The topological polar surface area (TPSA) is 108 Å². The van der Waals surface area contributed by atoms with Gasteiger partial charge in [-0.15, -0.1) is 4.83 Å². The zero-order valence-corrected chi connectivity index (χ0v) is 8.01. The summed E-state index contributed by atoms with van der Waals surface area (Å²) in [6.07, 6.45) is 0. The Morgan fingerprint density at radius 1 is 1.29 bits per heavy atom. The molecule has 76 valence electrons. The number of sulfonamides is 1. The van der Waals surface area contributed by atoms with Gasteiger partial charge in [-0.2, -0.15) is 0 Å². The summed E-state index contributed by atoms with van der Waals surface area (Å²) < 4.78 is 22.8. The molecule has 0 spiro atoms. The summed E-state index contributed by atoms with van der Waals surface area (Å²) in [5.74, 6) is -0.468. The summed E-state index contributed by atoms with van der Waals surface area (Å²) >= 11 is 0. The molecule has 1 aromatic carbocycles. The lowest BCUT2D eigenvalue weighted by atomic mass is 10.4. The van der Waals surface area contributed by atoms with Gasteiger partial charge in [0.2, 0.25) is 5.96 Å². The molecule has 0 bridgehead atoms. The number of nitrogens with one attached hydrogen (secondary N) is 3. The van der Waals surface area contributed by atoms with Gasteiger partial charge in [-0.3, -0.25) is 10.8 Å². The van der Waals surface area contributed by atoms with Crippen molar-refractivity contribution in [3.63, 3.8) is 0 Å². The zero-order valence-electron chi connectivity index (χ0n) is 7.19. The van der Waals surface area contributed by atoms with Gasteiger partial charge in [0.1, 0.15) is 0 Å². The van der Waals surface area contributed by atoms with Gasteiger partial charge in [0.25, 0.3) is 10.0 Å².